The fourth-order valence-corrected chi connectivity index (χ4v) is 1.21. The molecule has 0 saturated heterocycles. The molecule has 0 fully saturated rings. The molecule has 0 aromatic carbocycles. The Morgan fingerprint density at radius 3 is 2.92 bits per heavy atom. The van der Waals surface area contributed by atoms with Gasteiger partial charge < -0.3 is 4.52 Å². The second kappa shape index (κ2) is 3.82. The summed E-state index contributed by atoms with van der Waals surface area (Å²) in [6.07, 6.45) is 1.70. The van der Waals surface area contributed by atoms with Crippen molar-refractivity contribution >= 4 is 22.6 Å². The van der Waals surface area contributed by atoms with Gasteiger partial charge in [0.05, 0.1) is 4.43 Å². The van der Waals surface area contributed by atoms with Crippen LogP contribution in [-0.4, -0.2) is 15.1 Å². The Balaban J connectivity index is 2.36. The molecule has 2 aromatic heterocycles. The first-order chi connectivity index (χ1) is 6.40. The largest absolute Gasteiger partial charge is 0.332 e. The molecule has 2 rings (SSSR count). The lowest BCUT2D eigenvalue weighted by Gasteiger charge is -1.88. The molecule has 5 heteroatoms. The van der Waals surface area contributed by atoms with Gasteiger partial charge in [-0.3, -0.25) is 4.98 Å². The maximum Gasteiger partial charge on any atom is 0.276 e. The van der Waals surface area contributed by atoms with Gasteiger partial charge in [-0.25, -0.2) is 0 Å². The Morgan fingerprint density at radius 2 is 2.31 bits per heavy atom. The van der Waals surface area contributed by atoms with E-state index in [1.54, 1.807) is 6.20 Å². The molecule has 13 heavy (non-hydrogen) atoms. The molecule has 66 valence electrons. The Labute approximate surface area is 88.5 Å². The van der Waals surface area contributed by atoms with Crippen molar-refractivity contribution in [1.29, 1.82) is 0 Å². The Bertz CT molecular complexity index is 387. The number of nitrogens with zero attached hydrogens (tertiary/aromatic N) is 3. The van der Waals surface area contributed by atoms with Crippen LogP contribution in [0, 0.1) is 0 Å². The predicted octanol–water partition coefficient (Wildman–Crippen LogP) is 2.07. The summed E-state index contributed by atoms with van der Waals surface area (Å²) in [5.41, 5.74) is 0.714. The van der Waals surface area contributed by atoms with Crippen molar-refractivity contribution in [3.8, 4) is 11.6 Å². The molecule has 0 unspecified atom stereocenters. The minimum atomic E-state index is 0.479. The third-order valence-electron chi connectivity index (χ3n) is 1.47. The quantitative estimate of drug-likeness (QED) is 0.626. The first-order valence-corrected chi connectivity index (χ1v) is 5.22. The van der Waals surface area contributed by atoms with Gasteiger partial charge in [0.25, 0.3) is 5.89 Å². The number of pyridine rings is 1. The number of aromatic nitrogens is 3. The van der Waals surface area contributed by atoms with Crippen LogP contribution in [0.3, 0.4) is 0 Å². The standard InChI is InChI=1S/C8H6IN3O/c9-5-7-11-8(13-12-7)6-3-1-2-4-10-6/h1-4H,5H2. The molecule has 0 radical (unpaired) electrons. The summed E-state index contributed by atoms with van der Waals surface area (Å²) in [6.45, 7) is 0. The highest BCUT2D eigenvalue weighted by Gasteiger charge is 2.07. The minimum absolute atomic E-state index is 0.479. The zero-order valence-electron chi connectivity index (χ0n) is 6.64. The van der Waals surface area contributed by atoms with Gasteiger partial charge in [0.15, 0.2) is 5.82 Å². The van der Waals surface area contributed by atoms with Crippen LogP contribution in [0.4, 0.5) is 0 Å². The molecule has 0 amide bonds. The van der Waals surface area contributed by atoms with Crippen LogP contribution in [-0.2, 0) is 4.43 Å². The molecule has 0 N–H and O–H groups in total. The average molecular weight is 287 g/mol. The minimum Gasteiger partial charge on any atom is -0.332 e. The van der Waals surface area contributed by atoms with E-state index in [1.165, 1.54) is 0 Å². The molecule has 0 aliphatic carbocycles. The maximum absolute atomic E-state index is 5.01. The number of rotatable bonds is 2. The van der Waals surface area contributed by atoms with Crippen molar-refractivity contribution in [3.63, 3.8) is 0 Å². The van der Waals surface area contributed by atoms with Crippen LogP contribution < -0.4 is 0 Å². The van der Waals surface area contributed by atoms with Crippen molar-refractivity contribution in [2.45, 2.75) is 4.43 Å². The van der Waals surface area contributed by atoms with Crippen molar-refractivity contribution in [3.05, 3.63) is 30.2 Å². The van der Waals surface area contributed by atoms with Gasteiger partial charge in [0, 0.05) is 6.20 Å². The van der Waals surface area contributed by atoms with Crippen molar-refractivity contribution < 1.29 is 4.52 Å². The van der Waals surface area contributed by atoms with Gasteiger partial charge in [0.2, 0.25) is 0 Å². The highest BCUT2D eigenvalue weighted by atomic mass is 127. The Kier molecular flexibility index (Phi) is 2.53. The number of hydrogen-bond donors (Lipinski definition) is 0. The average Bonchev–Trinajstić information content (AvgIpc) is 2.67. The molecular weight excluding hydrogens is 281 g/mol. The van der Waals surface area contributed by atoms with E-state index in [4.69, 9.17) is 4.52 Å². The second-order valence-electron chi connectivity index (χ2n) is 2.36. The molecular formula is C8H6IN3O. The molecule has 0 aliphatic heterocycles. The highest BCUT2D eigenvalue weighted by molar-refractivity contribution is 14.1. The molecule has 0 aliphatic rings. The van der Waals surface area contributed by atoms with Gasteiger partial charge in [-0.1, -0.05) is 33.8 Å². The summed E-state index contributed by atoms with van der Waals surface area (Å²) in [5, 5.41) is 3.78. The predicted molar refractivity (Wildman–Crippen MR) is 55.3 cm³/mol. The van der Waals surface area contributed by atoms with Crippen LogP contribution in [0.15, 0.2) is 28.9 Å². The zero-order chi connectivity index (χ0) is 9.10. The number of hydrogen-bond acceptors (Lipinski definition) is 4. The van der Waals surface area contributed by atoms with Crippen molar-refractivity contribution in [1.82, 2.24) is 15.1 Å². The van der Waals surface area contributed by atoms with E-state index < -0.39 is 0 Å². The normalized spacial score (nSPS) is 10.2. The SMILES string of the molecule is ICc1noc(-c2ccccn2)n1. The van der Waals surface area contributed by atoms with E-state index in [1.807, 2.05) is 18.2 Å². The monoisotopic (exact) mass is 287 g/mol. The smallest absolute Gasteiger partial charge is 0.276 e. The topological polar surface area (TPSA) is 51.8 Å². The zero-order valence-corrected chi connectivity index (χ0v) is 8.80. The van der Waals surface area contributed by atoms with E-state index in [0.717, 1.165) is 4.43 Å². The lowest BCUT2D eigenvalue weighted by molar-refractivity contribution is 0.424. The van der Waals surface area contributed by atoms with E-state index in [-0.39, 0.29) is 0 Å². The number of alkyl halides is 1. The molecule has 2 aromatic rings. The van der Waals surface area contributed by atoms with Crippen LogP contribution in [0.25, 0.3) is 11.6 Å². The van der Waals surface area contributed by atoms with Gasteiger partial charge in [-0.15, -0.1) is 0 Å². The number of halogens is 1. The first-order valence-electron chi connectivity index (χ1n) is 3.70. The summed E-state index contributed by atoms with van der Waals surface area (Å²) in [6, 6.07) is 5.57. The molecule has 0 saturated carbocycles. The summed E-state index contributed by atoms with van der Waals surface area (Å²) >= 11 is 2.18. The third-order valence-corrected chi connectivity index (χ3v) is 2.15. The van der Waals surface area contributed by atoms with Crippen LogP contribution >= 0.6 is 22.6 Å². The van der Waals surface area contributed by atoms with E-state index >= 15 is 0 Å². The first kappa shape index (κ1) is 8.61. The van der Waals surface area contributed by atoms with Crippen molar-refractivity contribution in [2.24, 2.45) is 0 Å². The third kappa shape index (κ3) is 1.85. The molecule has 0 spiro atoms. The summed E-state index contributed by atoms with van der Waals surface area (Å²) < 4.78 is 5.76. The summed E-state index contributed by atoms with van der Waals surface area (Å²) in [7, 11) is 0. The summed E-state index contributed by atoms with van der Waals surface area (Å²) in [5.74, 6) is 1.17. The van der Waals surface area contributed by atoms with Gasteiger partial charge in [-0.05, 0) is 12.1 Å². The Morgan fingerprint density at radius 1 is 1.38 bits per heavy atom. The summed E-state index contributed by atoms with van der Waals surface area (Å²) in [4.78, 5) is 8.25. The van der Waals surface area contributed by atoms with Gasteiger partial charge in [0.1, 0.15) is 5.69 Å². The van der Waals surface area contributed by atoms with Crippen LogP contribution in [0.1, 0.15) is 5.82 Å². The second-order valence-corrected chi connectivity index (χ2v) is 3.13. The van der Waals surface area contributed by atoms with E-state index in [0.29, 0.717) is 17.4 Å². The van der Waals surface area contributed by atoms with Crippen LogP contribution in [0.5, 0.6) is 0 Å². The lowest BCUT2D eigenvalue weighted by atomic mass is 10.3. The maximum atomic E-state index is 5.01. The molecule has 0 atom stereocenters. The van der Waals surface area contributed by atoms with Gasteiger partial charge >= 0.3 is 0 Å². The van der Waals surface area contributed by atoms with Crippen molar-refractivity contribution in [2.75, 3.05) is 0 Å². The molecule has 0 bridgehead atoms. The fourth-order valence-electron chi connectivity index (χ4n) is 0.902. The fraction of sp³-hybridized carbons (Fsp3) is 0.125. The van der Waals surface area contributed by atoms with E-state index in [2.05, 4.69) is 37.7 Å². The van der Waals surface area contributed by atoms with Crippen LogP contribution in [0.2, 0.25) is 0 Å². The molecule has 2 heterocycles. The lowest BCUT2D eigenvalue weighted by Crippen LogP contribution is -1.82. The molecule has 4 nitrogen and oxygen atoms in total. The van der Waals surface area contributed by atoms with Gasteiger partial charge in [-0.2, -0.15) is 4.98 Å². The Hall–Kier alpha value is -0.980. The van der Waals surface area contributed by atoms with E-state index in [9.17, 15) is 0 Å². The highest BCUT2D eigenvalue weighted by Crippen LogP contribution is 2.13.